The lowest BCUT2D eigenvalue weighted by Gasteiger charge is -2.45. The first-order valence-corrected chi connectivity index (χ1v) is 16.5. The molecule has 1 fully saturated rings. The maximum absolute atomic E-state index is 13.7. The highest BCUT2D eigenvalue weighted by molar-refractivity contribution is 5.89. The smallest absolute Gasteiger partial charge is 0.338 e. The van der Waals surface area contributed by atoms with Gasteiger partial charge in [0.05, 0.1) is 11.5 Å². The molecule has 280 valence electrons. The van der Waals surface area contributed by atoms with Gasteiger partial charge in [-0.25, -0.2) is 4.79 Å². The molecule has 10 atom stereocenters. The third-order valence-corrected chi connectivity index (χ3v) is 9.14. The van der Waals surface area contributed by atoms with Crippen molar-refractivity contribution in [3.8, 4) is 0 Å². The van der Waals surface area contributed by atoms with Gasteiger partial charge in [-0.15, -0.1) is 0 Å². The second-order valence-electron chi connectivity index (χ2n) is 14.0. The molecule has 0 radical (unpaired) electrons. The van der Waals surface area contributed by atoms with Crippen molar-refractivity contribution in [1.82, 2.24) is 0 Å². The Morgan fingerprint density at radius 1 is 0.725 bits per heavy atom. The van der Waals surface area contributed by atoms with E-state index in [9.17, 15) is 39.0 Å². The number of hydrogen-bond donors (Lipinski definition) is 2. The largest absolute Gasteiger partial charge is 0.459 e. The number of hydrogen-bond acceptors (Lipinski definition) is 14. The summed E-state index contributed by atoms with van der Waals surface area (Å²) in [6.45, 7) is 15.8. The molecular formula is C37H48O14. The molecule has 1 aromatic carbocycles. The van der Waals surface area contributed by atoms with E-state index < -0.39 is 107 Å². The van der Waals surface area contributed by atoms with Crippen LogP contribution in [0.2, 0.25) is 0 Å². The maximum Gasteiger partial charge on any atom is 0.338 e. The predicted molar refractivity (Wildman–Crippen MR) is 178 cm³/mol. The molecule has 3 rings (SSSR count). The number of carbonyl (C=O) groups is 6. The Bertz CT molecular complexity index is 1550. The Morgan fingerprint density at radius 3 is 1.75 bits per heavy atom. The summed E-state index contributed by atoms with van der Waals surface area (Å²) in [6, 6.07) is 7.78. The lowest BCUT2D eigenvalue weighted by atomic mass is 9.71. The monoisotopic (exact) mass is 716 g/mol. The lowest BCUT2D eigenvalue weighted by Crippen LogP contribution is -2.59. The van der Waals surface area contributed by atoms with Gasteiger partial charge >= 0.3 is 35.8 Å². The van der Waals surface area contributed by atoms with Crippen molar-refractivity contribution in [1.29, 1.82) is 0 Å². The van der Waals surface area contributed by atoms with E-state index in [1.54, 1.807) is 51.1 Å². The molecule has 1 saturated carbocycles. The molecule has 0 spiro atoms. The highest BCUT2D eigenvalue weighted by atomic mass is 16.6. The van der Waals surface area contributed by atoms with E-state index in [0.717, 1.165) is 34.6 Å². The van der Waals surface area contributed by atoms with Crippen molar-refractivity contribution >= 4 is 35.8 Å². The summed E-state index contributed by atoms with van der Waals surface area (Å²) < 4.78 is 34.6. The van der Waals surface area contributed by atoms with Crippen molar-refractivity contribution in [3.63, 3.8) is 0 Å². The summed E-state index contributed by atoms with van der Waals surface area (Å²) >= 11 is 0. The minimum Gasteiger partial charge on any atom is -0.459 e. The van der Waals surface area contributed by atoms with Crippen LogP contribution in [0, 0.1) is 17.3 Å². The molecule has 0 saturated heterocycles. The number of rotatable bonds is 7. The number of aliphatic hydroxyl groups is 2. The maximum atomic E-state index is 13.7. The molecule has 0 amide bonds. The van der Waals surface area contributed by atoms with Crippen molar-refractivity contribution in [2.45, 2.75) is 117 Å². The van der Waals surface area contributed by atoms with E-state index in [4.69, 9.17) is 28.4 Å². The Morgan fingerprint density at radius 2 is 1.24 bits per heavy atom. The van der Waals surface area contributed by atoms with E-state index in [1.165, 1.54) is 19.1 Å². The van der Waals surface area contributed by atoms with Crippen LogP contribution in [0.4, 0.5) is 0 Å². The molecule has 0 unspecified atom stereocenters. The van der Waals surface area contributed by atoms with Gasteiger partial charge in [0.25, 0.3) is 0 Å². The van der Waals surface area contributed by atoms with Gasteiger partial charge in [0.2, 0.25) is 0 Å². The van der Waals surface area contributed by atoms with Crippen molar-refractivity contribution < 1.29 is 67.4 Å². The first kappa shape index (κ1) is 40.9. The number of benzene rings is 1. The van der Waals surface area contributed by atoms with Gasteiger partial charge in [-0.1, -0.05) is 57.7 Å². The molecule has 2 aliphatic rings. The van der Waals surface area contributed by atoms with Crippen LogP contribution in [0.25, 0.3) is 0 Å². The minimum atomic E-state index is -2.35. The topological polar surface area (TPSA) is 198 Å². The summed E-state index contributed by atoms with van der Waals surface area (Å²) in [5.41, 5.74) is -5.68. The summed E-state index contributed by atoms with van der Waals surface area (Å²) in [6.07, 6.45) is -7.38. The second-order valence-corrected chi connectivity index (χ2v) is 14.0. The molecule has 0 heterocycles. The number of fused-ring (bicyclic) bond motifs is 1. The van der Waals surface area contributed by atoms with Gasteiger partial charge in [0, 0.05) is 57.9 Å². The van der Waals surface area contributed by atoms with Gasteiger partial charge in [0.1, 0.15) is 35.6 Å². The summed E-state index contributed by atoms with van der Waals surface area (Å²) in [5, 5.41) is 25.0. The molecule has 14 heteroatoms. The highest BCUT2D eigenvalue weighted by Gasteiger charge is 2.70. The zero-order valence-corrected chi connectivity index (χ0v) is 30.4. The summed E-state index contributed by atoms with van der Waals surface area (Å²) in [4.78, 5) is 76.9. The normalized spacial score (nSPS) is 33.9. The number of ether oxygens (including phenoxy) is 6. The molecule has 0 aromatic heterocycles. The van der Waals surface area contributed by atoms with E-state index in [1.807, 2.05) is 0 Å². The van der Waals surface area contributed by atoms with Gasteiger partial charge in [-0.3, -0.25) is 24.0 Å². The van der Waals surface area contributed by atoms with E-state index >= 15 is 0 Å². The van der Waals surface area contributed by atoms with Crippen LogP contribution in [0.5, 0.6) is 0 Å². The Balaban J connectivity index is 2.49. The second kappa shape index (κ2) is 15.8. The molecular weight excluding hydrogens is 668 g/mol. The van der Waals surface area contributed by atoms with Gasteiger partial charge in [0.15, 0.2) is 12.2 Å². The van der Waals surface area contributed by atoms with Crippen molar-refractivity contribution in [3.05, 3.63) is 60.2 Å². The molecule has 0 bridgehead atoms. The molecule has 1 aromatic rings. The zero-order chi connectivity index (χ0) is 38.6. The van der Waals surface area contributed by atoms with Crippen LogP contribution in [-0.2, 0) is 52.4 Å². The van der Waals surface area contributed by atoms with Crippen LogP contribution in [0.3, 0.4) is 0 Å². The SMILES string of the molecule is C=C1[C@H](OC(C)=O)[C@@H](O)[C@@H](OC(C)=O)C(C)(C)/C=C\[C@H](C)[C@H](OC(C)=O)[C@@]2(O)C[C@@](C)(OC(C)=O)[C@H](OC(=O)c3ccccc3)[C@@H]2[C@H]1OC(C)=O. The van der Waals surface area contributed by atoms with Crippen LogP contribution in [-0.4, -0.2) is 93.9 Å². The molecule has 2 N–H and O–H groups in total. The fraction of sp³-hybridized carbons (Fsp3) is 0.568. The number of esters is 6. The number of carbonyl (C=O) groups excluding carboxylic acids is 6. The third kappa shape index (κ3) is 9.22. The van der Waals surface area contributed by atoms with Crippen LogP contribution < -0.4 is 0 Å². The average molecular weight is 717 g/mol. The summed E-state index contributed by atoms with van der Waals surface area (Å²) in [5.74, 6) is -7.72. The van der Waals surface area contributed by atoms with E-state index in [-0.39, 0.29) is 11.1 Å². The molecule has 0 aliphatic heterocycles. The third-order valence-electron chi connectivity index (χ3n) is 9.14. The Labute approximate surface area is 297 Å². The fourth-order valence-electron chi connectivity index (χ4n) is 7.21. The van der Waals surface area contributed by atoms with Crippen molar-refractivity contribution in [2.75, 3.05) is 0 Å². The van der Waals surface area contributed by atoms with Crippen LogP contribution in [0.1, 0.15) is 79.1 Å². The van der Waals surface area contributed by atoms with Crippen LogP contribution in [0.15, 0.2) is 54.6 Å². The summed E-state index contributed by atoms with van der Waals surface area (Å²) in [7, 11) is 0. The van der Waals surface area contributed by atoms with Crippen molar-refractivity contribution in [2.24, 2.45) is 17.3 Å². The lowest BCUT2D eigenvalue weighted by molar-refractivity contribution is -0.194. The van der Waals surface area contributed by atoms with Gasteiger partial charge < -0.3 is 38.6 Å². The standard InChI is InChI=1S/C37H48O14/c1-19-16-17-35(8,9)33(49-24(6)41)28(43)30(47-22(4)39)20(2)29(46-21(3)38)27-32(50-34(44)26-14-12-11-13-15-26)36(10,51-25(7)42)18-37(27,45)31(19)48-23(5)40/h11-17,19,27-33,43,45H,2,18H2,1,3-10H3/b17-16-/t19-,27-,28+,29-,30-,31-,32+,33+,36+,37+/m0/s1. The molecule has 14 nitrogen and oxygen atoms in total. The highest BCUT2D eigenvalue weighted by Crippen LogP contribution is 2.54. The molecule has 51 heavy (non-hydrogen) atoms. The fourth-order valence-corrected chi connectivity index (χ4v) is 7.21. The predicted octanol–water partition coefficient (Wildman–Crippen LogP) is 3.16. The van der Waals surface area contributed by atoms with Gasteiger partial charge in [-0.2, -0.15) is 0 Å². The van der Waals surface area contributed by atoms with E-state index in [2.05, 4.69) is 6.58 Å². The Hall–Kier alpha value is -4.56. The number of aliphatic hydroxyl groups excluding tert-OH is 1. The van der Waals surface area contributed by atoms with Gasteiger partial charge in [-0.05, 0) is 19.1 Å². The Kier molecular flexibility index (Phi) is 12.6. The molecule has 2 aliphatic carbocycles. The minimum absolute atomic E-state index is 0.0848. The zero-order valence-electron chi connectivity index (χ0n) is 30.4. The first-order valence-electron chi connectivity index (χ1n) is 16.5. The average Bonchev–Trinajstić information content (AvgIpc) is 3.22. The van der Waals surface area contributed by atoms with Crippen LogP contribution >= 0.6 is 0 Å². The quantitative estimate of drug-likeness (QED) is 0.237. The van der Waals surface area contributed by atoms with E-state index in [0.29, 0.717) is 0 Å². The first-order chi connectivity index (χ1) is 23.5.